The highest BCUT2D eigenvalue weighted by Gasteiger charge is 2.40. The van der Waals surface area contributed by atoms with Crippen molar-refractivity contribution in [2.45, 2.75) is 10.8 Å². The van der Waals surface area contributed by atoms with E-state index in [0.717, 1.165) is 6.07 Å². The molecule has 0 N–H and O–H groups in total. The van der Waals surface area contributed by atoms with Gasteiger partial charge < -0.3 is 4.52 Å². The normalized spacial score (nSPS) is 15.9. The maximum absolute atomic E-state index is 13.3. The highest BCUT2D eigenvalue weighted by Crippen LogP contribution is 2.31. The molecule has 128 valence electrons. The van der Waals surface area contributed by atoms with E-state index in [1.54, 1.807) is 18.5 Å². The molecule has 1 aliphatic rings. The first-order chi connectivity index (χ1) is 12.0. The molecule has 10 heteroatoms. The van der Waals surface area contributed by atoms with Gasteiger partial charge in [-0.1, -0.05) is 11.2 Å². The van der Waals surface area contributed by atoms with E-state index in [4.69, 9.17) is 4.52 Å². The van der Waals surface area contributed by atoms with Crippen molar-refractivity contribution in [1.82, 2.24) is 24.4 Å². The number of halogens is 1. The van der Waals surface area contributed by atoms with Gasteiger partial charge in [-0.2, -0.15) is 9.29 Å². The third-order valence-corrected chi connectivity index (χ3v) is 5.67. The second kappa shape index (κ2) is 5.97. The summed E-state index contributed by atoms with van der Waals surface area (Å²) >= 11 is 0. The summed E-state index contributed by atoms with van der Waals surface area (Å²) in [5.41, 5.74) is 0. The summed E-state index contributed by atoms with van der Waals surface area (Å²) in [6.45, 7) is 0.381. The van der Waals surface area contributed by atoms with Crippen LogP contribution in [0.3, 0.4) is 0 Å². The fourth-order valence-electron chi connectivity index (χ4n) is 2.47. The molecule has 4 rings (SSSR count). The summed E-state index contributed by atoms with van der Waals surface area (Å²) in [4.78, 5) is 12.2. The summed E-state index contributed by atoms with van der Waals surface area (Å²) in [7, 11) is -3.73. The molecule has 0 radical (unpaired) electrons. The predicted molar refractivity (Wildman–Crippen MR) is 83.2 cm³/mol. The van der Waals surface area contributed by atoms with Gasteiger partial charge in [-0.25, -0.2) is 22.8 Å². The van der Waals surface area contributed by atoms with Gasteiger partial charge in [0.15, 0.2) is 0 Å². The largest absolute Gasteiger partial charge is 0.338 e. The summed E-state index contributed by atoms with van der Waals surface area (Å²) in [5, 5.41) is 3.82. The molecular weight excluding hydrogens is 349 g/mol. The summed E-state index contributed by atoms with van der Waals surface area (Å²) in [6.07, 6.45) is 3.13. The van der Waals surface area contributed by atoms with Gasteiger partial charge in [-0.3, -0.25) is 0 Å². The van der Waals surface area contributed by atoms with E-state index >= 15 is 0 Å². The van der Waals surface area contributed by atoms with Gasteiger partial charge in [0.25, 0.3) is 0 Å². The second-order valence-corrected chi connectivity index (χ2v) is 7.44. The molecule has 0 atom stereocenters. The molecule has 3 aromatic rings. The van der Waals surface area contributed by atoms with Crippen LogP contribution < -0.4 is 0 Å². The number of hydrogen-bond donors (Lipinski definition) is 0. The number of rotatable bonds is 4. The third kappa shape index (κ3) is 2.89. The Morgan fingerprint density at radius 3 is 2.60 bits per heavy atom. The fourth-order valence-corrected chi connectivity index (χ4v) is 4.04. The Morgan fingerprint density at radius 2 is 1.88 bits per heavy atom. The molecule has 3 heterocycles. The highest BCUT2D eigenvalue weighted by atomic mass is 32.2. The van der Waals surface area contributed by atoms with Crippen molar-refractivity contribution in [2.75, 3.05) is 13.1 Å². The quantitative estimate of drug-likeness (QED) is 0.693. The van der Waals surface area contributed by atoms with E-state index in [1.807, 2.05) is 0 Å². The molecule has 1 fully saturated rings. The fraction of sp³-hybridized carbons (Fsp3) is 0.200. The minimum absolute atomic E-state index is 0.0742. The molecule has 0 saturated carbocycles. The molecule has 0 bridgehead atoms. The highest BCUT2D eigenvalue weighted by molar-refractivity contribution is 7.89. The zero-order valence-electron chi connectivity index (χ0n) is 12.8. The topological polar surface area (TPSA) is 102 Å². The lowest BCUT2D eigenvalue weighted by Gasteiger charge is -2.35. The number of benzene rings is 1. The van der Waals surface area contributed by atoms with Crippen LogP contribution in [0.15, 0.2) is 52.1 Å². The van der Waals surface area contributed by atoms with Crippen LogP contribution in [-0.4, -0.2) is 45.9 Å². The number of aromatic nitrogens is 4. The van der Waals surface area contributed by atoms with Crippen LogP contribution in [-0.2, 0) is 10.0 Å². The van der Waals surface area contributed by atoms with Crippen LogP contribution in [0.2, 0.25) is 0 Å². The van der Waals surface area contributed by atoms with E-state index in [1.165, 1.54) is 22.5 Å². The third-order valence-electron chi connectivity index (χ3n) is 3.84. The molecule has 0 amide bonds. The zero-order valence-corrected chi connectivity index (χ0v) is 13.6. The van der Waals surface area contributed by atoms with Crippen molar-refractivity contribution in [3.8, 4) is 11.6 Å². The molecule has 25 heavy (non-hydrogen) atoms. The average molecular weight is 361 g/mol. The van der Waals surface area contributed by atoms with Gasteiger partial charge in [0.2, 0.25) is 27.6 Å². The first-order valence-electron chi connectivity index (χ1n) is 7.41. The van der Waals surface area contributed by atoms with Crippen LogP contribution in [0.5, 0.6) is 0 Å². The maximum Gasteiger partial charge on any atom is 0.243 e. The number of nitrogens with zero attached hydrogens (tertiary/aromatic N) is 5. The van der Waals surface area contributed by atoms with Crippen LogP contribution in [0.25, 0.3) is 11.6 Å². The summed E-state index contributed by atoms with van der Waals surface area (Å²) in [5.74, 6) is 0.104. The number of hydrogen-bond acceptors (Lipinski definition) is 7. The van der Waals surface area contributed by atoms with Crippen molar-refractivity contribution in [2.24, 2.45) is 0 Å². The Kier molecular flexibility index (Phi) is 3.77. The van der Waals surface area contributed by atoms with E-state index in [2.05, 4.69) is 20.1 Å². The van der Waals surface area contributed by atoms with E-state index in [9.17, 15) is 12.8 Å². The van der Waals surface area contributed by atoms with Crippen molar-refractivity contribution in [3.05, 3.63) is 54.4 Å². The van der Waals surface area contributed by atoms with Crippen LogP contribution in [0, 0.1) is 5.82 Å². The molecule has 1 aliphatic heterocycles. The van der Waals surface area contributed by atoms with Gasteiger partial charge in [0, 0.05) is 25.5 Å². The molecule has 0 unspecified atom stereocenters. The lowest BCUT2D eigenvalue weighted by Crippen LogP contribution is -2.48. The first kappa shape index (κ1) is 15.8. The van der Waals surface area contributed by atoms with Crippen molar-refractivity contribution < 1.29 is 17.3 Å². The Hall–Kier alpha value is -2.72. The van der Waals surface area contributed by atoms with Gasteiger partial charge >= 0.3 is 0 Å². The summed E-state index contributed by atoms with van der Waals surface area (Å²) in [6, 6.07) is 6.60. The molecule has 1 saturated heterocycles. The molecule has 1 aromatic carbocycles. The molecule has 8 nitrogen and oxygen atoms in total. The maximum atomic E-state index is 13.3. The lowest BCUT2D eigenvalue weighted by atomic mass is 10.0. The number of sulfonamides is 1. The Morgan fingerprint density at radius 1 is 1.12 bits per heavy atom. The van der Waals surface area contributed by atoms with Gasteiger partial charge in [0.1, 0.15) is 5.82 Å². The Balaban J connectivity index is 1.48. The molecular formula is C15H12FN5O3S. The van der Waals surface area contributed by atoms with Crippen molar-refractivity contribution in [1.29, 1.82) is 0 Å². The van der Waals surface area contributed by atoms with E-state index in [0.29, 0.717) is 11.7 Å². The van der Waals surface area contributed by atoms with Crippen LogP contribution >= 0.6 is 0 Å². The second-order valence-electron chi connectivity index (χ2n) is 5.50. The predicted octanol–water partition coefficient (Wildman–Crippen LogP) is 1.45. The van der Waals surface area contributed by atoms with E-state index in [-0.39, 0.29) is 29.7 Å². The Labute approximate surface area is 142 Å². The smallest absolute Gasteiger partial charge is 0.243 e. The van der Waals surface area contributed by atoms with Crippen LogP contribution in [0.1, 0.15) is 11.8 Å². The molecule has 2 aromatic heterocycles. The standard InChI is InChI=1S/C15H12FN5O3S/c16-11-3-1-4-12(7-11)25(22,23)21-8-10(9-21)15-19-14(20-24-15)13-17-5-2-6-18-13/h1-7,10H,8-9H2. The minimum atomic E-state index is -3.73. The van der Waals surface area contributed by atoms with Crippen LogP contribution in [0.4, 0.5) is 4.39 Å². The van der Waals surface area contributed by atoms with Crippen molar-refractivity contribution >= 4 is 10.0 Å². The first-order valence-corrected chi connectivity index (χ1v) is 8.85. The average Bonchev–Trinajstić information content (AvgIpc) is 3.04. The van der Waals surface area contributed by atoms with Gasteiger partial charge in [-0.15, -0.1) is 0 Å². The van der Waals surface area contributed by atoms with Crippen molar-refractivity contribution in [3.63, 3.8) is 0 Å². The minimum Gasteiger partial charge on any atom is -0.338 e. The molecule has 0 spiro atoms. The molecule has 0 aliphatic carbocycles. The van der Waals surface area contributed by atoms with Gasteiger partial charge in [-0.05, 0) is 24.3 Å². The SMILES string of the molecule is O=S(=O)(c1cccc(F)c1)N1CC(c2nc(-c3ncccn3)no2)C1. The van der Waals surface area contributed by atoms with Gasteiger partial charge in [0.05, 0.1) is 10.8 Å². The lowest BCUT2D eigenvalue weighted by molar-refractivity contribution is 0.216. The van der Waals surface area contributed by atoms with E-state index < -0.39 is 15.8 Å². The summed E-state index contributed by atoms with van der Waals surface area (Å²) < 4.78 is 44.6. The Bertz CT molecular complexity index is 1000. The zero-order chi connectivity index (χ0) is 17.4. The monoisotopic (exact) mass is 361 g/mol.